The van der Waals surface area contributed by atoms with Crippen LogP contribution in [0.5, 0.6) is 0 Å². The van der Waals surface area contributed by atoms with E-state index in [9.17, 15) is 9.18 Å². The predicted molar refractivity (Wildman–Crippen MR) is 68.6 cm³/mol. The minimum atomic E-state index is -0.524. The van der Waals surface area contributed by atoms with Crippen LogP contribution >= 0.6 is 0 Å². The third-order valence-electron chi connectivity index (χ3n) is 3.09. The van der Waals surface area contributed by atoms with E-state index < -0.39 is 11.7 Å². The van der Waals surface area contributed by atoms with E-state index in [1.807, 2.05) is 0 Å². The Kier molecular flexibility index (Phi) is 3.42. The summed E-state index contributed by atoms with van der Waals surface area (Å²) in [6, 6.07) is 5.62. The highest BCUT2D eigenvalue weighted by molar-refractivity contribution is 6.01. The topological polar surface area (TPSA) is 80.0 Å². The second-order valence-electron chi connectivity index (χ2n) is 4.57. The van der Waals surface area contributed by atoms with Crippen LogP contribution in [0.3, 0.4) is 0 Å². The lowest BCUT2D eigenvalue weighted by atomic mass is 10.2. The molecule has 1 aromatic heterocycles. The van der Waals surface area contributed by atoms with Gasteiger partial charge in [0.2, 0.25) is 5.89 Å². The Morgan fingerprint density at radius 2 is 2.40 bits per heavy atom. The van der Waals surface area contributed by atoms with E-state index >= 15 is 0 Å². The molecule has 0 aliphatic carbocycles. The molecule has 2 aromatic rings. The number of hydrogen-bond donors (Lipinski definition) is 2. The lowest BCUT2D eigenvalue weighted by Crippen LogP contribution is -2.15. The summed E-state index contributed by atoms with van der Waals surface area (Å²) in [5.41, 5.74) is 0.348. The normalized spacial score (nSPS) is 18.1. The molecule has 1 amide bonds. The van der Waals surface area contributed by atoms with Gasteiger partial charge in [-0.3, -0.25) is 4.79 Å². The highest BCUT2D eigenvalue weighted by Gasteiger charge is 2.24. The Morgan fingerprint density at radius 1 is 1.50 bits per heavy atom. The van der Waals surface area contributed by atoms with E-state index in [1.54, 1.807) is 6.07 Å². The zero-order valence-electron chi connectivity index (χ0n) is 10.6. The van der Waals surface area contributed by atoms with Crippen LogP contribution in [-0.2, 0) is 0 Å². The van der Waals surface area contributed by atoms with Crippen molar-refractivity contribution in [3.63, 3.8) is 0 Å². The molecule has 2 N–H and O–H groups in total. The molecule has 1 atom stereocenters. The van der Waals surface area contributed by atoms with Crippen LogP contribution in [-0.4, -0.2) is 22.6 Å². The number of hydrogen-bond acceptors (Lipinski definition) is 5. The van der Waals surface area contributed by atoms with Crippen LogP contribution < -0.4 is 10.6 Å². The summed E-state index contributed by atoms with van der Waals surface area (Å²) < 4.78 is 18.1. The van der Waals surface area contributed by atoms with Crippen molar-refractivity contribution in [2.45, 2.75) is 18.9 Å². The van der Waals surface area contributed by atoms with Crippen molar-refractivity contribution < 1.29 is 13.7 Å². The average Bonchev–Trinajstić information content (AvgIpc) is 3.10. The largest absolute Gasteiger partial charge is 0.337 e. The number of carbonyl (C=O) groups is 1. The van der Waals surface area contributed by atoms with Gasteiger partial charge in [0.15, 0.2) is 0 Å². The fourth-order valence-corrected chi connectivity index (χ4v) is 2.12. The van der Waals surface area contributed by atoms with E-state index in [4.69, 9.17) is 4.52 Å². The molecule has 0 saturated carbocycles. The average molecular weight is 276 g/mol. The highest BCUT2D eigenvalue weighted by atomic mass is 19.1. The number of rotatable bonds is 3. The summed E-state index contributed by atoms with van der Waals surface area (Å²) in [6.07, 6.45) is 1.95. The molecule has 1 fully saturated rings. The van der Waals surface area contributed by atoms with Crippen LogP contribution in [0.1, 0.15) is 35.4 Å². The second-order valence-corrected chi connectivity index (χ2v) is 4.57. The van der Waals surface area contributed by atoms with E-state index in [0.717, 1.165) is 19.4 Å². The van der Waals surface area contributed by atoms with Crippen LogP contribution in [0.2, 0.25) is 0 Å². The molecule has 1 unspecified atom stereocenters. The molecule has 20 heavy (non-hydrogen) atoms. The van der Waals surface area contributed by atoms with Gasteiger partial charge in [0.25, 0.3) is 11.7 Å². The van der Waals surface area contributed by atoms with Gasteiger partial charge in [-0.05, 0) is 37.6 Å². The fraction of sp³-hybridized carbons (Fsp3) is 0.308. The second kappa shape index (κ2) is 5.38. The quantitative estimate of drug-likeness (QED) is 0.894. The number of carbonyl (C=O) groups excluding carboxylic acids is 1. The molecule has 0 radical (unpaired) electrons. The first kappa shape index (κ1) is 12.7. The zero-order valence-corrected chi connectivity index (χ0v) is 10.6. The molecule has 2 heterocycles. The van der Waals surface area contributed by atoms with Crippen molar-refractivity contribution in [1.82, 2.24) is 15.5 Å². The number of nitrogens with one attached hydrogen (secondary N) is 2. The Hall–Kier alpha value is -2.28. The minimum absolute atomic E-state index is 0.0122. The monoisotopic (exact) mass is 276 g/mol. The van der Waals surface area contributed by atoms with Gasteiger partial charge in [-0.25, -0.2) is 4.39 Å². The number of anilines is 1. The van der Waals surface area contributed by atoms with E-state index in [1.165, 1.54) is 18.2 Å². The molecule has 7 heteroatoms. The number of nitrogens with zero attached hydrogens (tertiary/aromatic N) is 2. The van der Waals surface area contributed by atoms with Gasteiger partial charge in [0.1, 0.15) is 5.82 Å². The summed E-state index contributed by atoms with van der Waals surface area (Å²) in [6.45, 7) is 0.901. The van der Waals surface area contributed by atoms with Crippen molar-refractivity contribution in [1.29, 1.82) is 0 Å². The fourth-order valence-electron chi connectivity index (χ4n) is 2.12. The maximum Gasteiger partial charge on any atom is 0.297 e. The van der Waals surface area contributed by atoms with Gasteiger partial charge in [-0.2, -0.15) is 4.98 Å². The first-order valence-corrected chi connectivity index (χ1v) is 6.36. The van der Waals surface area contributed by atoms with Crippen molar-refractivity contribution in [3.8, 4) is 0 Å². The smallest absolute Gasteiger partial charge is 0.297 e. The maximum absolute atomic E-state index is 13.0. The lowest BCUT2D eigenvalue weighted by Gasteiger charge is -2.02. The molecular formula is C13H13FN4O2. The molecule has 0 spiro atoms. The Balaban J connectivity index is 1.71. The highest BCUT2D eigenvalue weighted by Crippen LogP contribution is 2.21. The third kappa shape index (κ3) is 2.67. The maximum atomic E-state index is 13.0. The van der Waals surface area contributed by atoms with E-state index in [-0.39, 0.29) is 11.9 Å². The number of amides is 1. The molecule has 1 aromatic carbocycles. The summed E-state index contributed by atoms with van der Waals surface area (Å²) >= 11 is 0. The number of benzene rings is 1. The predicted octanol–water partition coefficient (Wildman–Crippen LogP) is 1.89. The summed E-state index contributed by atoms with van der Waals surface area (Å²) in [7, 11) is 0. The zero-order chi connectivity index (χ0) is 13.9. The van der Waals surface area contributed by atoms with Crippen molar-refractivity contribution >= 4 is 11.6 Å². The third-order valence-corrected chi connectivity index (χ3v) is 3.09. The van der Waals surface area contributed by atoms with E-state index in [2.05, 4.69) is 20.8 Å². The Morgan fingerprint density at radius 3 is 3.15 bits per heavy atom. The van der Waals surface area contributed by atoms with Gasteiger partial charge in [-0.1, -0.05) is 11.2 Å². The molecule has 1 aliphatic rings. The first-order valence-electron chi connectivity index (χ1n) is 6.36. The summed E-state index contributed by atoms with van der Waals surface area (Å²) in [4.78, 5) is 16.0. The number of aromatic nitrogens is 2. The molecule has 0 bridgehead atoms. The molecule has 6 nitrogen and oxygen atoms in total. The van der Waals surface area contributed by atoms with Gasteiger partial charge in [-0.15, -0.1) is 0 Å². The van der Waals surface area contributed by atoms with E-state index in [0.29, 0.717) is 11.6 Å². The Labute approximate surface area is 114 Å². The minimum Gasteiger partial charge on any atom is -0.337 e. The standard InChI is InChI=1S/C13H13FN4O2/c14-8-3-1-4-9(7-8)16-12(19)11-17-13(20-18-11)10-5-2-6-15-10/h1,3-4,7,10,15H,2,5-6H2,(H,16,19). The van der Waals surface area contributed by atoms with Gasteiger partial charge < -0.3 is 15.2 Å². The molecule has 1 aliphatic heterocycles. The Bertz CT molecular complexity index is 622. The van der Waals surface area contributed by atoms with Gasteiger partial charge >= 0.3 is 0 Å². The van der Waals surface area contributed by atoms with Crippen LogP contribution in [0.4, 0.5) is 10.1 Å². The first-order chi connectivity index (χ1) is 9.72. The molecule has 3 rings (SSSR count). The van der Waals surface area contributed by atoms with Gasteiger partial charge in [0.05, 0.1) is 6.04 Å². The molecule has 104 valence electrons. The molecular weight excluding hydrogens is 263 g/mol. The summed E-state index contributed by atoms with van der Waals surface area (Å²) in [5.74, 6) is -0.597. The van der Waals surface area contributed by atoms with Gasteiger partial charge in [0, 0.05) is 5.69 Å². The SMILES string of the molecule is O=C(Nc1cccc(F)c1)c1noc(C2CCCN2)n1. The van der Waals surface area contributed by atoms with Crippen molar-refractivity contribution in [2.75, 3.05) is 11.9 Å². The lowest BCUT2D eigenvalue weighted by molar-refractivity contribution is 0.101. The van der Waals surface area contributed by atoms with Crippen LogP contribution in [0.25, 0.3) is 0 Å². The van der Waals surface area contributed by atoms with Crippen LogP contribution in [0, 0.1) is 5.82 Å². The molecule has 1 saturated heterocycles. The van der Waals surface area contributed by atoms with Crippen LogP contribution in [0.15, 0.2) is 28.8 Å². The summed E-state index contributed by atoms with van der Waals surface area (Å²) in [5, 5.41) is 9.37. The van der Waals surface area contributed by atoms with Crippen molar-refractivity contribution in [3.05, 3.63) is 41.8 Å². The number of halogens is 1. The van der Waals surface area contributed by atoms with Crippen molar-refractivity contribution in [2.24, 2.45) is 0 Å².